The Kier molecular flexibility index (Phi) is 3.25. The van der Waals surface area contributed by atoms with E-state index in [1.54, 1.807) is 6.92 Å². The Balaban J connectivity index is 3.58. The zero-order valence-electron chi connectivity index (χ0n) is 5.05. The molecule has 0 aliphatic rings. The Labute approximate surface area is 49.2 Å². The van der Waals surface area contributed by atoms with E-state index in [0.717, 1.165) is 0 Å². The summed E-state index contributed by atoms with van der Waals surface area (Å²) in [5, 5.41) is 17.3. The predicted molar refractivity (Wildman–Crippen MR) is 31.1 cm³/mol. The van der Waals surface area contributed by atoms with Crippen LogP contribution in [0.1, 0.15) is 13.8 Å². The molecule has 0 rings (SSSR count). The van der Waals surface area contributed by atoms with Crippen LogP contribution in [-0.4, -0.2) is 22.4 Å². The highest BCUT2D eigenvalue weighted by molar-refractivity contribution is 5.03. The first-order valence-electron chi connectivity index (χ1n) is 2.47. The molecule has 0 amide bonds. The average Bonchev–Trinajstić information content (AvgIpc) is 1.67. The van der Waals surface area contributed by atoms with Gasteiger partial charge in [-0.3, -0.25) is 0 Å². The van der Waals surface area contributed by atoms with E-state index in [1.807, 2.05) is 0 Å². The molecule has 0 saturated heterocycles. The molecule has 8 heavy (non-hydrogen) atoms. The van der Waals surface area contributed by atoms with Gasteiger partial charge in [0.15, 0.2) is 0 Å². The molecule has 2 atom stereocenters. The van der Waals surface area contributed by atoms with Crippen molar-refractivity contribution in [1.29, 1.82) is 0 Å². The van der Waals surface area contributed by atoms with E-state index in [1.165, 1.54) is 6.92 Å². The van der Waals surface area contributed by atoms with E-state index in [9.17, 15) is 0 Å². The molecule has 0 spiro atoms. The third kappa shape index (κ3) is 2.62. The molecule has 0 aliphatic carbocycles. The second-order valence-electron chi connectivity index (χ2n) is 1.58. The summed E-state index contributed by atoms with van der Waals surface area (Å²) >= 11 is 0. The Morgan fingerprint density at radius 2 is 1.88 bits per heavy atom. The Bertz CT molecular complexity index is 107. The van der Waals surface area contributed by atoms with Gasteiger partial charge in [0, 0.05) is 0 Å². The van der Waals surface area contributed by atoms with Crippen molar-refractivity contribution in [3.8, 4) is 11.8 Å². The molecule has 0 aromatic heterocycles. The number of rotatable bonds is 1. The van der Waals surface area contributed by atoms with Crippen molar-refractivity contribution in [2.24, 2.45) is 0 Å². The van der Waals surface area contributed by atoms with Gasteiger partial charge >= 0.3 is 0 Å². The van der Waals surface area contributed by atoms with Crippen LogP contribution in [0.25, 0.3) is 0 Å². The van der Waals surface area contributed by atoms with Crippen LogP contribution in [-0.2, 0) is 0 Å². The molecule has 0 aliphatic heterocycles. The highest BCUT2D eigenvalue weighted by Gasteiger charge is 2.04. The number of hydrogen-bond donors (Lipinski definition) is 2. The van der Waals surface area contributed by atoms with Crippen LogP contribution in [0.3, 0.4) is 0 Å². The number of hydrogen-bond acceptors (Lipinski definition) is 2. The zero-order valence-corrected chi connectivity index (χ0v) is 5.05. The molecular weight excluding hydrogens is 104 g/mol. The molecule has 0 fully saturated rings. The van der Waals surface area contributed by atoms with Gasteiger partial charge in [0.05, 0.1) is 6.10 Å². The maximum atomic E-state index is 8.70. The molecule has 0 aromatic rings. The van der Waals surface area contributed by atoms with Crippen LogP contribution in [0, 0.1) is 11.8 Å². The Hall–Kier alpha value is -0.520. The number of aliphatic hydroxyl groups excluding tert-OH is 2. The fraction of sp³-hybridized carbons (Fsp3) is 0.667. The second-order valence-corrected chi connectivity index (χ2v) is 1.58. The van der Waals surface area contributed by atoms with E-state index >= 15 is 0 Å². The minimum absolute atomic E-state index is 0.748. The summed E-state index contributed by atoms with van der Waals surface area (Å²) in [7, 11) is 0. The highest BCUT2D eigenvalue weighted by Crippen LogP contribution is 1.87. The number of aliphatic hydroxyl groups is 2. The maximum absolute atomic E-state index is 8.70. The van der Waals surface area contributed by atoms with Gasteiger partial charge in [-0.2, -0.15) is 0 Å². The first-order chi connectivity index (χ1) is 3.68. The molecule has 2 nitrogen and oxygen atoms in total. The van der Waals surface area contributed by atoms with Gasteiger partial charge in [0.25, 0.3) is 0 Å². The first-order valence-corrected chi connectivity index (χ1v) is 2.47. The topological polar surface area (TPSA) is 40.5 Å². The quantitative estimate of drug-likeness (QED) is 0.461. The molecular formula is C6H10O2. The van der Waals surface area contributed by atoms with Gasteiger partial charge in [0.1, 0.15) is 6.10 Å². The molecule has 0 bridgehead atoms. The molecule has 2 N–H and O–H groups in total. The maximum Gasteiger partial charge on any atom is 0.140 e. The van der Waals surface area contributed by atoms with E-state index < -0.39 is 12.2 Å². The average molecular weight is 114 g/mol. The van der Waals surface area contributed by atoms with Crippen LogP contribution < -0.4 is 0 Å². The normalized spacial score (nSPS) is 16.0. The zero-order chi connectivity index (χ0) is 6.57. The molecule has 0 heterocycles. The molecule has 0 unspecified atom stereocenters. The van der Waals surface area contributed by atoms with E-state index in [-0.39, 0.29) is 0 Å². The van der Waals surface area contributed by atoms with Crippen LogP contribution in [0.5, 0.6) is 0 Å². The summed E-state index contributed by atoms with van der Waals surface area (Å²) in [5.74, 6) is 4.89. The van der Waals surface area contributed by atoms with Crippen molar-refractivity contribution >= 4 is 0 Å². The van der Waals surface area contributed by atoms with Crippen molar-refractivity contribution in [3.05, 3.63) is 0 Å². The van der Waals surface area contributed by atoms with Gasteiger partial charge < -0.3 is 10.2 Å². The monoisotopic (exact) mass is 114 g/mol. The molecule has 0 aromatic carbocycles. The lowest BCUT2D eigenvalue weighted by atomic mass is 10.2. The molecule has 0 radical (unpaired) electrons. The fourth-order valence-corrected chi connectivity index (χ4v) is 0.268. The van der Waals surface area contributed by atoms with Crippen molar-refractivity contribution < 1.29 is 10.2 Å². The van der Waals surface area contributed by atoms with Crippen molar-refractivity contribution in [2.45, 2.75) is 26.1 Å². The van der Waals surface area contributed by atoms with Gasteiger partial charge in [-0.05, 0) is 13.8 Å². The molecule has 0 saturated carbocycles. The third-order valence-electron chi connectivity index (χ3n) is 0.749. The van der Waals surface area contributed by atoms with Gasteiger partial charge in [-0.25, -0.2) is 0 Å². The predicted octanol–water partition coefficient (Wildman–Crippen LogP) is -0.249. The minimum atomic E-state index is -0.889. The Morgan fingerprint density at radius 1 is 1.38 bits per heavy atom. The standard InChI is InChI=1S/C6H10O2/c1-3-4-6(8)5(2)7/h5-8H,1-2H3/t5-,6+/m0/s1. The lowest BCUT2D eigenvalue weighted by molar-refractivity contribution is 0.0677. The van der Waals surface area contributed by atoms with Crippen LogP contribution in [0.15, 0.2) is 0 Å². The summed E-state index contributed by atoms with van der Waals surface area (Å²) in [5.41, 5.74) is 0. The molecule has 2 heteroatoms. The van der Waals surface area contributed by atoms with Crippen LogP contribution in [0.2, 0.25) is 0 Å². The lowest BCUT2D eigenvalue weighted by Crippen LogP contribution is -2.19. The van der Waals surface area contributed by atoms with E-state index in [2.05, 4.69) is 11.8 Å². The molecule has 46 valence electrons. The minimum Gasteiger partial charge on any atom is -0.390 e. The summed E-state index contributed by atoms with van der Waals surface area (Å²) in [6.45, 7) is 3.11. The highest BCUT2D eigenvalue weighted by atomic mass is 16.3. The summed E-state index contributed by atoms with van der Waals surface area (Å²) in [6.07, 6.45) is -1.64. The smallest absolute Gasteiger partial charge is 0.140 e. The van der Waals surface area contributed by atoms with Crippen LogP contribution in [0.4, 0.5) is 0 Å². The SMILES string of the molecule is CC#C[C@@H](O)[C@H](C)O. The fourth-order valence-electron chi connectivity index (χ4n) is 0.268. The third-order valence-corrected chi connectivity index (χ3v) is 0.749. The van der Waals surface area contributed by atoms with Gasteiger partial charge in [0.2, 0.25) is 0 Å². The Morgan fingerprint density at radius 3 is 2.00 bits per heavy atom. The van der Waals surface area contributed by atoms with Crippen molar-refractivity contribution in [1.82, 2.24) is 0 Å². The first kappa shape index (κ1) is 7.48. The summed E-state index contributed by atoms with van der Waals surface area (Å²) in [4.78, 5) is 0. The summed E-state index contributed by atoms with van der Waals surface area (Å²) in [6, 6.07) is 0. The van der Waals surface area contributed by atoms with Crippen molar-refractivity contribution in [3.63, 3.8) is 0 Å². The van der Waals surface area contributed by atoms with Crippen LogP contribution >= 0.6 is 0 Å². The van der Waals surface area contributed by atoms with E-state index in [0.29, 0.717) is 0 Å². The summed E-state index contributed by atoms with van der Waals surface area (Å²) < 4.78 is 0. The second kappa shape index (κ2) is 3.48. The van der Waals surface area contributed by atoms with E-state index in [4.69, 9.17) is 10.2 Å². The van der Waals surface area contributed by atoms with Crippen molar-refractivity contribution in [2.75, 3.05) is 0 Å². The van der Waals surface area contributed by atoms with Gasteiger partial charge in [-0.1, -0.05) is 5.92 Å². The van der Waals surface area contributed by atoms with Gasteiger partial charge in [-0.15, -0.1) is 5.92 Å². The largest absolute Gasteiger partial charge is 0.390 e. The lowest BCUT2D eigenvalue weighted by Gasteiger charge is -2.03.